The highest BCUT2D eigenvalue weighted by atomic mass is 16.3. The molecule has 9 rings (SSSR count). The molecular formula is C50H43N7O9. The van der Waals surface area contributed by atoms with Gasteiger partial charge in [-0.1, -0.05) is 60.7 Å². The summed E-state index contributed by atoms with van der Waals surface area (Å²) < 4.78 is 11.7. The van der Waals surface area contributed by atoms with Crippen molar-refractivity contribution in [1.82, 2.24) is 25.8 Å². The van der Waals surface area contributed by atoms with E-state index in [0.29, 0.717) is 59.5 Å². The number of pyridine rings is 1. The minimum atomic E-state index is -1.33. The Morgan fingerprint density at radius 3 is 2.35 bits per heavy atom. The van der Waals surface area contributed by atoms with Crippen LogP contribution in [0.2, 0.25) is 0 Å². The molecule has 2 aliphatic rings. The smallest absolute Gasteiger partial charge is 0.294 e. The number of carbonyl (C=O) groups excluding carboxylic acids is 7. The van der Waals surface area contributed by atoms with E-state index in [4.69, 9.17) is 8.83 Å². The Labute approximate surface area is 377 Å². The molecular weight excluding hydrogens is 843 g/mol. The fourth-order valence-corrected chi connectivity index (χ4v) is 8.52. The van der Waals surface area contributed by atoms with Crippen molar-refractivity contribution in [2.45, 2.75) is 50.2 Å². The molecule has 66 heavy (non-hydrogen) atoms. The number of nitrogens with zero attached hydrogens (tertiary/aromatic N) is 3. The Kier molecular flexibility index (Phi) is 12.2. The van der Waals surface area contributed by atoms with Gasteiger partial charge in [-0.3, -0.25) is 53.7 Å². The summed E-state index contributed by atoms with van der Waals surface area (Å²) in [4.78, 5) is 101. The number of unbranched alkanes of at least 4 members (excludes halogenated alkanes) is 2. The number of benzene rings is 4. The largest absolute Gasteiger partial charge is 0.459 e. The predicted molar refractivity (Wildman–Crippen MR) is 242 cm³/mol. The second-order valence-corrected chi connectivity index (χ2v) is 15.9. The van der Waals surface area contributed by atoms with Crippen molar-refractivity contribution in [3.63, 3.8) is 0 Å². The van der Waals surface area contributed by atoms with Crippen LogP contribution in [0.1, 0.15) is 86.6 Å². The summed E-state index contributed by atoms with van der Waals surface area (Å²) >= 11 is 0. The third-order valence-corrected chi connectivity index (χ3v) is 11.7. The molecule has 0 radical (unpaired) electrons. The molecule has 0 bridgehead atoms. The molecule has 0 spiro atoms. The van der Waals surface area contributed by atoms with Crippen LogP contribution in [0.5, 0.6) is 0 Å². The van der Waals surface area contributed by atoms with Crippen LogP contribution in [-0.4, -0.2) is 70.4 Å². The van der Waals surface area contributed by atoms with E-state index in [0.717, 1.165) is 15.7 Å². The highest BCUT2D eigenvalue weighted by Crippen LogP contribution is 2.37. The minimum absolute atomic E-state index is 0.0124. The average Bonchev–Trinajstić information content (AvgIpc) is 4.07. The first-order valence-electron chi connectivity index (χ1n) is 21.6. The van der Waals surface area contributed by atoms with Crippen molar-refractivity contribution in [3.05, 3.63) is 162 Å². The highest BCUT2D eigenvalue weighted by Gasteiger charge is 2.45. The van der Waals surface area contributed by atoms with Crippen LogP contribution in [0.3, 0.4) is 0 Å². The lowest BCUT2D eigenvalue weighted by molar-refractivity contribution is -0.136. The van der Waals surface area contributed by atoms with E-state index in [1.807, 2.05) is 30.3 Å². The zero-order valence-corrected chi connectivity index (χ0v) is 35.4. The molecule has 3 unspecified atom stereocenters. The van der Waals surface area contributed by atoms with Crippen molar-refractivity contribution >= 4 is 74.7 Å². The SMILES string of the molecule is O=C1CCC(N2C(=O)c3cccc(NCCCCCNC(=O)C(NC(=O)C(c4cccnc4)N(C(=O)c4ccco4)c4ccc5c(c4)oc4ccccc45)c4ccccc4)c3C2=O)C(=O)N1. The van der Waals surface area contributed by atoms with Gasteiger partial charge in [0.05, 0.1) is 17.4 Å². The van der Waals surface area contributed by atoms with Crippen molar-refractivity contribution < 1.29 is 42.4 Å². The van der Waals surface area contributed by atoms with Crippen molar-refractivity contribution in [1.29, 1.82) is 0 Å². The second-order valence-electron chi connectivity index (χ2n) is 15.9. The van der Waals surface area contributed by atoms with Crippen LogP contribution < -0.4 is 26.2 Å². The fourth-order valence-electron chi connectivity index (χ4n) is 8.52. The van der Waals surface area contributed by atoms with Crippen LogP contribution in [-0.2, 0) is 19.2 Å². The molecule has 3 atom stereocenters. The summed E-state index contributed by atoms with van der Waals surface area (Å²) in [6.07, 6.45) is 6.41. The first-order chi connectivity index (χ1) is 32.2. The lowest BCUT2D eigenvalue weighted by Crippen LogP contribution is -2.54. The maximum Gasteiger partial charge on any atom is 0.294 e. The van der Waals surface area contributed by atoms with Gasteiger partial charge in [-0.15, -0.1) is 0 Å². The Bertz CT molecular complexity index is 2990. The molecule has 0 aliphatic carbocycles. The number of rotatable bonds is 16. The van der Waals surface area contributed by atoms with E-state index in [-0.39, 0.29) is 36.3 Å². The number of aromatic nitrogens is 1. The van der Waals surface area contributed by atoms with Gasteiger partial charge in [0, 0.05) is 65.7 Å². The highest BCUT2D eigenvalue weighted by molar-refractivity contribution is 6.25. The van der Waals surface area contributed by atoms with Gasteiger partial charge in [0.1, 0.15) is 29.3 Å². The number of furan rings is 2. The standard InChI is InChI=1S/C50H43N7O9/c58-41-23-22-37(45(59)54-41)57-48(62)35-16-9-17-36(42(35)50(57)64)52-25-7-2-8-26-53-46(60)43(30-12-3-1-4-13-30)55-47(61)44(31-14-10-24-51-29-31)56(49(63)39-19-11-27-65-39)32-20-21-34-33-15-5-6-18-38(33)66-40(34)28-32/h1,3-6,9-21,24,27-29,37,43-44,52H,2,7-8,22-23,25-26H2,(H,53,60)(H,55,61)(H,54,58,59). The molecule has 16 nitrogen and oxygen atoms in total. The summed E-state index contributed by atoms with van der Waals surface area (Å²) in [6.45, 7) is 0.721. The number of hydrogen-bond acceptors (Lipinski definition) is 11. The van der Waals surface area contributed by atoms with Crippen LogP contribution in [0.15, 0.2) is 143 Å². The summed E-state index contributed by atoms with van der Waals surface area (Å²) in [5, 5.41) is 13.1. The molecule has 1 saturated heterocycles. The molecule has 1 fully saturated rings. The Morgan fingerprint density at radius 1 is 0.773 bits per heavy atom. The van der Waals surface area contributed by atoms with Crippen molar-refractivity contribution in [2.24, 2.45) is 0 Å². The summed E-state index contributed by atoms with van der Waals surface area (Å²) in [5.41, 5.74) is 3.23. The molecule has 0 saturated carbocycles. The number of imide groups is 2. The van der Waals surface area contributed by atoms with Gasteiger partial charge >= 0.3 is 0 Å². The molecule has 332 valence electrons. The number of fused-ring (bicyclic) bond motifs is 4. The molecule has 5 heterocycles. The Morgan fingerprint density at radius 2 is 1.56 bits per heavy atom. The fraction of sp³-hybridized carbons (Fsp3) is 0.200. The summed E-state index contributed by atoms with van der Waals surface area (Å²) in [6, 6.07) is 29.4. The van der Waals surface area contributed by atoms with E-state index in [2.05, 4.69) is 26.3 Å². The van der Waals surface area contributed by atoms with Crippen LogP contribution in [0.25, 0.3) is 21.9 Å². The number of anilines is 2. The van der Waals surface area contributed by atoms with Crippen molar-refractivity contribution in [2.75, 3.05) is 23.3 Å². The number of piperidine rings is 1. The third-order valence-electron chi connectivity index (χ3n) is 11.7. The molecule has 4 N–H and O–H groups in total. The van der Waals surface area contributed by atoms with Gasteiger partial charge in [0.25, 0.3) is 17.7 Å². The lowest BCUT2D eigenvalue weighted by atomic mass is 10.0. The zero-order valence-electron chi connectivity index (χ0n) is 35.4. The summed E-state index contributed by atoms with van der Waals surface area (Å²) in [7, 11) is 0. The van der Waals surface area contributed by atoms with E-state index in [9.17, 15) is 33.6 Å². The number of hydrogen-bond donors (Lipinski definition) is 4. The van der Waals surface area contributed by atoms with Crippen LogP contribution in [0, 0.1) is 0 Å². The van der Waals surface area contributed by atoms with E-state index < -0.39 is 59.5 Å². The van der Waals surface area contributed by atoms with Gasteiger partial charge < -0.3 is 24.8 Å². The quantitative estimate of drug-likeness (QED) is 0.0598. The number of nitrogens with one attached hydrogen (secondary N) is 4. The monoisotopic (exact) mass is 885 g/mol. The van der Waals surface area contributed by atoms with Gasteiger partial charge in [-0.2, -0.15) is 0 Å². The minimum Gasteiger partial charge on any atom is -0.459 e. The van der Waals surface area contributed by atoms with E-state index >= 15 is 0 Å². The maximum absolute atomic E-state index is 14.9. The molecule has 7 aromatic rings. The number of amides is 7. The molecule has 2 aliphatic heterocycles. The number of carbonyl (C=O) groups is 7. The Balaban J connectivity index is 0.883. The molecule has 4 aromatic carbocycles. The summed E-state index contributed by atoms with van der Waals surface area (Å²) in [5.74, 6) is -4.04. The molecule has 16 heteroatoms. The average molecular weight is 886 g/mol. The lowest BCUT2D eigenvalue weighted by Gasteiger charge is -2.32. The third kappa shape index (κ3) is 8.51. The Hall–Kier alpha value is -8.40. The van der Waals surface area contributed by atoms with Crippen LogP contribution in [0.4, 0.5) is 11.4 Å². The first-order valence-corrected chi connectivity index (χ1v) is 21.6. The van der Waals surface area contributed by atoms with Gasteiger partial charge in [-0.25, -0.2) is 0 Å². The van der Waals surface area contributed by atoms with Gasteiger partial charge in [0.15, 0.2) is 5.76 Å². The van der Waals surface area contributed by atoms with E-state index in [1.54, 1.807) is 85.1 Å². The van der Waals surface area contributed by atoms with Gasteiger partial charge in [0.2, 0.25) is 23.6 Å². The van der Waals surface area contributed by atoms with Crippen molar-refractivity contribution in [3.8, 4) is 0 Å². The number of para-hydroxylation sites is 1. The van der Waals surface area contributed by atoms with Gasteiger partial charge in [-0.05, 0) is 79.8 Å². The topological polar surface area (TPSA) is 213 Å². The van der Waals surface area contributed by atoms with E-state index in [1.165, 1.54) is 23.4 Å². The predicted octanol–water partition coefficient (Wildman–Crippen LogP) is 6.62. The van der Waals surface area contributed by atoms with Crippen LogP contribution >= 0.6 is 0 Å². The zero-order chi connectivity index (χ0) is 45.7. The second kappa shape index (κ2) is 18.8. The first kappa shape index (κ1) is 42.9. The molecule has 7 amide bonds. The molecule has 3 aromatic heterocycles. The normalized spacial score (nSPS) is 15.6. The maximum atomic E-state index is 14.9.